The third kappa shape index (κ3) is 3.02. The number of rotatable bonds is 7. The summed E-state index contributed by atoms with van der Waals surface area (Å²) in [5.74, 6) is -0.802. The van der Waals surface area contributed by atoms with E-state index >= 15 is 0 Å². The third-order valence-corrected chi connectivity index (χ3v) is 4.41. The van der Waals surface area contributed by atoms with Gasteiger partial charge in [0, 0.05) is 18.6 Å². The van der Waals surface area contributed by atoms with Crippen LogP contribution in [0.1, 0.15) is 26.2 Å². The fourth-order valence-electron chi connectivity index (χ4n) is 2.68. The van der Waals surface area contributed by atoms with Crippen molar-refractivity contribution >= 4 is 5.97 Å². The summed E-state index contributed by atoms with van der Waals surface area (Å²) >= 11 is 0. The second-order valence-corrected chi connectivity index (χ2v) is 6.03. The van der Waals surface area contributed by atoms with Crippen LogP contribution in [0.2, 0.25) is 0 Å². The smallest absolute Gasteiger partial charge is 0.324 e. The number of carboxylic acids is 1. The highest BCUT2D eigenvalue weighted by Gasteiger charge is 2.41. The average molecular weight is 257 g/mol. The normalized spacial score (nSPS) is 21.7. The van der Waals surface area contributed by atoms with E-state index < -0.39 is 11.5 Å². The highest BCUT2D eigenvalue weighted by Crippen LogP contribution is 2.36. The number of carbonyl (C=O) groups is 1. The van der Waals surface area contributed by atoms with Gasteiger partial charge in [0.1, 0.15) is 5.54 Å². The van der Waals surface area contributed by atoms with Crippen molar-refractivity contribution < 1.29 is 9.90 Å². The van der Waals surface area contributed by atoms with Crippen LogP contribution in [0, 0.1) is 0 Å². The molecule has 0 saturated heterocycles. The minimum atomic E-state index is -0.883. The molecule has 0 radical (unpaired) electrons. The topological polar surface area (TPSA) is 55.8 Å². The van der Waals surface area contributed by atoms with E-state index in [1.807, 2.05) is 7.05 Å². The Labute approximate surface area is 110 Å². The van der Waals surface area contributed by atoms with E-state index in [1.54, 1.807) is 14.0 Å². The fourth-order valence-corrected chi connectivity index (χ4v) is 2.68. The Balaban J connectivity index is 2.60. The molecular formula is C13H27N3O2. The summed E-state index contributed by atoms with van der Waals surface area (Å²) in [4.78, 5) is 15.7. The van der Waals surface area contributed by atoms with Gasteiger partial charge in [0.25, 0.3) is 0 Å². The lowest BCUT2D eigenvalue weighted by atomic mass is 9.75. The van der Waals surface area contributed by atoms with Gasteiger partial charge in [0.2, 0.25) is 0 Å². The molecule has 1 saturated carbocycles. The van der Waals surface area contributed by atoms with Crippen LogP contribution in [0.15, 0.2) is 0 Å². The Morgan fingerprint density at radius 2 is 1.94 bits per heavy atom. The highest BCUT2D eigenvalue weighted by atomic mass is 16.4. The molecule has 1 aliphatic carbocycles. The number of hydrogen-bond acceptors (Lipinski definition) is 4. The van der Waals surface area contributed by atoms with Crippen LogP contribution in [0.3, 0.4) is 0 Å². The Bertz CT molecular complexity index is 303. The second kappa shape index (κ2) is 5.55. The van der Waals surface area contributed by atoms with Crippen molar-refractivity contribution in [2.75, 3.05) is 41.3 Å². The molecule has 0 aromatic carbocycles. The molecule has 1 unspecified atom stereocenters. The van der Waals surface area contributed by atoms with Crippen molar-refractivity contribution in [2.24, 2.45) is 0 Å². The molecule has 0 aliphatic heterocycles. The van der Waals surface area contributed by atoms with Crippen molar-refractivity contribution in [3.8, 4) is 0 Å². The molecule has 0 aromatic rings. The van der Waals surface area contributed by atoms with Crippen molar-refractivity contribution in [1.82, 2.24) is 15.1 Å². The van der Waals surface area contributed by atoms with Gasteiger partial charge < -0.3 is 20.2 Å². The van der Waals surface area contributed by atoms with Gasteiger partial charge in [-0.3, -0.25) is 4.79 Å². The van der Waals surface area contributed by atoms with E-state index in [2.05, 4.69) is 29.2 Å². The second-order valence-electron chi connectivity index (χ2n) is 6.03. The van der Waals surface area contributed by atoms with Crippen LogP contribution >= 0.6 is 0 Å². The maximum absolute atomic E-state index is 11.3. The minimum absolute atomic E-state index is 0.238. The standard InChI is InChI=1S/C13H27N3O2/c1-12(14-2,11(17)18)9-16(5)10-13(15(3)4)7-6-8-13/h14H,6-10H2,1-5H3,(H,17,18). The lowest BCUT2D eigenvalue weighted by Crippen LogP contribution is -2.61. The Morgan fingerprint density at radius 3 is 2.22 bits per heavy atom. The lowest BCUT2D eigenvalue weighted by Gasteiger charge is -2.50. The number of aliphatic carboxylic acids is 1. The zero-order valence-electron chi connectivity index (χ0n) is 12.3. The number of nitrogens with zero attached hydrogens (tertiary/aromatic N) is 2. The Hall–Kier alpha value is -0.650. The molecule has 0 heterocycles. The molecule has 106 valence electrons. The molecule has 5 nitrogen and oxygen atoms in total. The molecule has 1 aliphatic rings. The van der Waals surface area contributed by atoms with E-state index in [9.17, 15) is 9.90 Å². The zero-order chi connectivity index (χ0) is 14.0. The molecule has 5 heteroatoms. The molecule has 1 atom stereocenters. The van der Waals surface area contributed by atoms with Gasteiger partial charge in [-0.05, 0) is 54.4 Å². The predicted molar refractivity (Wildman–Crippen MR) is 72.9 cm³/mol. The van der Waals surface area contributed by atoms with Gasteiger partial charge >= 0.3 is 5.97 Å². The quantitative estimate of drug-likeness (QED) is 0.694. The first-order valence-corrected chi connectivity index (χ1v) is 6.54. The van der Waals surface area contributed by atoms with Crippen molar-refractivity contribution in [1.29, 1.82) is 0 Å². The lowest BCUT2D eigenvalue weighted by molar-refractivity contribution is -0.145. The summed E-state index contributed by atoms with van der Waals surface area (Å²) in [7, 11) is 7.93. The van der Waals surface area contributed by atoms with Crippen LogP contribution in [0.5, 0.6) is 0 Å². The largest absolute Gasteiger partial charge is 0.480 e. The van der Waals surface area contributed by atoms with E-state index in [0.717, 1.165) is 6.54 Å². The Kier molecular flexibility index (Phi) is 4.75. The molecule has 0 bridgehead atoms. The average Bonchev–Trinajstić information content (AvgIpc) is 2.22. The van der Waals surface area contributed by atoms with Gasteiger partial charge in [-0.1, -0.05) is 0 Å². The predicted octanol–water partition coefficient (Wildman–Crippen LogP) is 0.465. The van der Waals surface area contributed by atoms with Crippen molar-refractivity contribution in [3.05, 3.63) is 0 Å². The minimum Gasteiger partial charge on any atom is -0.480 e. The van der Waals surface area contributed by atoms with Crippen LogP contribution in [0.25, 0.3) is 0 Å². The molecule has 2 N–H and O–H groups in total. The van der Waals surface area contributed by atoms with Crippen LogP contribution in [0.4, 0.5) is 0 Å². The summed E-state index contributed by atoms with van der Waals surface area (Å²) in [5.41, 5.74) is -0.645. The number of likely N-dealkylation sites (N-methyl/N-ethyl adjacent to an activating group) is 3. The van der Waals surface area contributed by atoms with Crippen molar-refractivity contribution in [2.45, 2.75) is 37.3 Å². The molecule has 18 heavy (non-hydrogen) atoms. The molecule has 0 amide bonds. The van der Waals surface area contributed by atoms with Gasteiger partial charge in [-0.2, -0.15) is 0 Å². The molecule has 1 fully saturated rings. The first kappa shape index (κ1) is 15.4. The summed E-state index contributed by atoms with van der Waals surface area (Å²) in [5, 5.41) is 12.2. The number of carboxylic acid groups (broad SMARTS) is 1. The number of hydrogen-bond donors (Lipinski definition) is 2. The molecule has 0 aromatic heterocycles. The maximum atomic E-state index is 11.3. The zero-order valence-corrected chi connectivity index (χ0v) is 12.3. The summed E-state index contributed by atoms with van der Waals surface area (Å²) in [6, 6.07) is 0. The Morgan fingerprint density at radius 1 is 1.39 bits per heavy atom. The highest BCUT2D eigenvalue weighted by molar-refractivity contribution is 5.78. The van der Waals surface area contributed by atoms with Gasteiger partial charge in [0.15, 0.2) is 0 Å². The summed E-state index contributed by atoms with van der Waals surface area (Å²) in [6.45, 7) is 3.16. The van der Waals surface area contributed by atoms with Crippen LogP contribution in [-0.4, -0.2) is 73.2 Å². The van der Waals surface area contributed by atoms with E-state index in [0.29, 0.717) is 6.54 Å². The van der Waals surface area contributed by atoms with E-state index in [-0.39, 0.29) is 5.54 Å². The summed E-state index contributed by atoms with van der Waals surface area (Å²) < 4.78 is 0. The first-order chi connectivity index (χ1) is 8.26. The first-order valence-electron chi connectivity index (χ1n) is 6.54. The molecule has 0 spiro atoms. The van der Waals surface area contributed by atoms with Gasteiger partial charge in [-0.25, -0.2) is 0 Å². The van der Waals surface area contributed by atoms with Crippen molar-refractivity contribution in [3.63, 3.8) is 0 Å². The van der Waals surface area contributed by atoms with E-state index in [1.165, 1.54) is 19.3 Å². The SMILES string of the molecule is CNC(C)(CN(C)CC1(N(C)C)CCC1)C(=O)O. The number of nitrogens with one attached hydrogen (secondary N) is 1. The summed E-state index contributed by atoms with van der Waals surface area (Å²) in [6.07, 6.45) is 3.68. The van der Waals surface area contributed by atoms with E-state index in [4.69, 9.17) is 0 Å². The van der Waals surface area contributed by atoms with Crippen LogP contribution < -0.4 is 5.32 Å². The monoisotopic (exact) mass is 257 g/mol. The van der Waals surface area contributed by atoms with Crippen LogP contribution in [-0.2, 0) is 4.79 Å². The van der Waals surface area contributed by atoms with Gasteiger partial charge in [-0.15, -0.1) is 0 Å². The molecular weight excluding hydrogens is 230 g/mol. The fraction of sp³-hybridized carbons (Fsp3) is 0.923. The van der Waals surface area contributed by atoms with Gasteiger partial charge in [0.05, 0.1) is 0 Å². The third-order valence-electron chi connectivity index (χ3n) is 4.41. The maximum Gasteiger partial charge on any atom is 0.324 e. The molecule has 1 rings (SSSR count).